The lowest BCUT2D eigenvalue weighted by Crippen LogP contribution is -2.37. The first kappa shape index (κ1) is 14.1. The van der Waals surface area contributed by atoms with Gasteiger partial charge >= 0.3 is 5.97 Å². The molecule has 1 aromatic heterocycles. The van der Waals surface area contributed by atoms with E-state index in [1.54, 1.807) is 0 Å². The lowest BCUT2D eigenvalue weighted by molar-refractivity contribution is -0.138. The van der Waals surface area contributed by atoms with Gasteiger partial charge < -0.3 is 9.67 Å². The van der Waals surface area contributed by atoms with Gasteiger partial charge in [-0.05, 0) is 0 Å². The molecule has 0 saturated carbocycles. The summed E-state index contributed by atoms with van der Waals surface area (Å²) < 4.78 is 2.11. The van der Waals surface area contributed by atoms with Gasteiger partial charge in [-0.1, -0.05) is 13.8 Å². The van der Waals surface area contributed by atoms with E-state index in [0.717, 1.165) is 30.8 Å². The quantitative estimate of drug-likeness (QED) is 0.826. The predicted octanol–water partition coefficient (Wildman–Crippen LogP) is 1.18. The van der Waals surface area contributed by atoms with Gasteiger partial charge in [-0.15, -0.1) is 9.24 Å². The summed E-state index contributed by atoms with van der Waals surface area (Å²) in [7, 11) is 2.64. The molecule has 6 heteroatoms. The maximum atomic E-state index is 10.6. The van der Waals surface area contributed by atoms with Crippen LogP contribution in [0.3, 0.4) is 0 Å². The van der Waals surface area contributed by atoms with E-state index in [0.29, 0.717) is 6.54 Å². The summed E-state index contributed by atoms with van der Waals surface area (Å²) in [6, 6.07) is 0. The number of nitrogens with zero attached hydrogens (tertiary/aromatic N) is 3. The third kappa shape index (κ3) is 3.79. The van der Waals surface area contributed by atoms with E-state index in [-0.39, 0.29) is 6.54 Å². The number of aliphatic carboxylic acids is 1. The Morgan fingerprint density at radius 2 is 2.24 bits per heavy atom. The van der Waals surface area contributed by atoms with E-state index in [2.05, 4.69) is 18.8 Å². The van der Waals surface area contributed by atoms with Crippen molar-refractivity contribution in [2.45, 2.75) is 33.1 Å². The average Bonchev–Trinajstić information content (AvgIpc) is 2.73. The monoisotopic (exact) mass is 257 g/mol. The molecule has 2 heterocycles. The van der Waals surface area contributed by atoms with E-state index in [4.69, 9.17) is 5.11 Å². The highest BCUT2D eigenvalue weighted by molar-refractivity contribution is 7.15. The Morgan fingerprint density at radius 1 is 1.53 bits per heavy atom. The zero-order chi connectivity index (χ0) is 12.8. The zero-order valence-corrected chi connectivity index (χ0v) is 11.5. The zero-order valence-electron chi connectivity index (χ0n) is 10.4. The summed E-state index contributed by atoms with van der Waals surface area (Å²) in [4.78, 5) is 16.9. The number of carbonyl (C=O) groups is 1. The summed E-state index contributed by atoms with van der Waals surface area (Å²) in [5.41, 5.74) is 1.05. The fraction of sp³-hybridized carbons (Fsp3) is 0.636. The summed E-state index contributed by atoms with van der Waals surface area (Å²) in [6.45, 7) is 6.35. The molecule has 0 amide bonds. The molecule has 0 bridgehead atoms. The van der Waals surface area contributed by atoms with Crippen LogP contribution in [0.1, 0.15) is 25.4 Å². The smallest absolute Gasteiger partial charge is 0.317 e. The highest BCUT2D eigenvalue weighted by atomic mass is 31.0. The van der Waals surface area contributed by atoms with Gasteiger partial charge in [0.2, 0.25) is 0 Å². The van der Waals surface area contributed by atoms with Crippen molar-refractivity contribution in [1.82, 2.24) is 14.5 Å². The number of hydrogen-bond donors (Lipinski definition) is 1. The highest BCUT2D eigenvalue weighted by Crippen LogP contribution is 2.13. The molecule has 0 aromatic carbocycles. The minimum Gasteiger partial charge on any atom is -0.480 e. The summed E-state index contributed by atoms with van der Waals surface area (Å²) in [5.74, 6) is 0.196. The van der Waals surface area contributed by atoms with Crippen molar-refractivity contribution in [2.24, 2.45) is 0 Å². The summed E-state index contributed by atoms with van der Waals surface area (Å²) in [5, 5.41) is 8.69. The third-order valence-electron chi connectivity index (χ3n) is 2.50. The number of carboxylic acid groups (broad SMARTS) is 1. The number of fused-ring (bicyclic) bond motifs is 1. The van der Waals surface area contributed by atoms with Gasteiger partial charge in [0.1, 0.15) is 5.82 Å². The van der Waals surface area contributed by atoms with Gasteiger partial charge in [0.05, 0.1) is 18.8 Å². The normalized spacial score (nSPS) is 14.8. The molecule has 96 valence electrons. The molecule has 0 spiro atoms. The van der Waals surface area contributed by atoms with Crippen molar-refractivity contribution in [3.63, 3.8) is 0 Å². The maximum absolute atomic E-state index is 10.6. The molecule has 0 saturated heterocycles. The largest absolute Gasteiger partial charge is 0.480 e. The highest BCUT2D eigenvalue weighted by Gasteiger charge is 2.19. The molecule has 0 aliphatic carbocycles. The van der Waals surface area contributed by atoms with E-state index < -0.39 is 5.97 Å². The Balaban J connectivity index is 0.000000686. The second-order valence-electron chi connectivity index (χ2n) is 3.65. The molecule has 1 unspecified atom stereocenters. The van der Waals surface area contributed by atoms with Crippen LogP contribution in [0.4, 0.5) is 0 Å². The average molecular weight is 257 g/mol. The van der Waals surface area contributed by atoms with Crippen molar-refractivity contribution >= 4 is 15.2 Å². The molecule has 17 heavy (non-hydrogen) atoms. The van der Waals surface area contributed by atoms with Crippen molar-refractivity contribution < 1.29 is 9.90 Å². The van der Waals surface area contributed by atoms with Crippen molar-refractivity contribution in [3.05, 3.63) is 17.7 Å². The lowest BCUT2D eigenvalue weighted by Gasteiger charge is -2.25. The molecule has 1 aromatic rings. The second-order valence-corrected chi connectivity index (χ2v) is 4.06. The second kappa shape index (κ2) is 6.72. The van der Waals surface area contributed by atoms with E-state index >= 15 is 0 Å². The van der Waals surface area contributed by atoms with Gasteiger partial charge in [0.15, 0.2) is 0 Å². The topological polar surface area (TPSA) is 58.4 Å². The Bertz CT molecular complexity index is 379. The molecule has 0 radical (unpaired) electrons. The number of rotatable bonds is 3. The first-order valence-electron chi connectivity index (χ1n) is 5.88. The van der Waals surface area contributed by atoms with Crippen LogP contribution >= 0.6 is 9.24 Å². The molecule has 1 aliphatic rings. The standard InChI is InChI=1S/C9H14N3O2P.C2H6/c13-9(14)5-11-1-2-12-3-7(6-15)10-8(12)4-11;1-2/h3H,1-2,4-6,15H2,(H,13,14);1-2H3. The van der Waals surface area contributed by atoms with Crippen molar-refractivity contribution in [2.75, 3.05) is 13.1 Å². The molecular formula is C11H20N3O2P. The van der Waals surface area contributed by atoms with Gasteiger partial charge in [0, 0.05) is 25.4 Å². The third-order valence-corrected chi connectivity index (χ3v) is 2.92. The molecule has 0 fully saturated rings. The molecule has 5 nitrogen and oxygen atoms in total. The Kier molecular flexibility index (Phi) is 5.59. The fourth-order valence-corrected chi connectivity index (χ4v) is 1.98. The first-order valence-corrected chi connectivity index (χ1v) is 6.70. The van der Waals surface area contributed by atoms with E-state index in [1.165, 1.54) is 0 Å². The van der Waals surface area contributed by atoms with Crippen LogP contribution in [0.5, 0.6) is 0 Å². The molecule has 1 N–H and O–H groups in total. The van der Waals surface area contributed by atoms with E-state index in [9.17, 15) is 4.79 Å². The van der Waals surface area contributed by atoms with Crippen LogP contribution in [0.25, 0.3) is 0 Å². The predicted molar refractivity (Wildman–Crippen MR) is 69.9 cm³/mol. The molecular weight excluding hydrogens is 237 g/mol. The number of imidazole rings is 1. The molecule has 1 atom stereocenters. The van der Waals surface area contributed by atoms with Crippen LogP contribution in [0, 0.1) is 0 Å². The van der Waals surface area contributed by atoms with Crippen LogP contribution in [-0.2, 0) is 24.0 Å². The minimum absolute atomic E-state index is 0.100. The van der Waals surface area contributed by atoms with Crippen LogP contribution in [0.15, 0.2) is 6.20 Å². The van der Waals surface area contributed by atoms with Crippen molar-refractivity contribution in [3.8, 4) is 0 Å². The number of carboxylic acids is 1. The van der Waals surface area contributed by atoms with E-state index in [1.807, 2.05) is 24.9 Å². The van der Waals surface area contributed by atoms with Gasteiger partial charge in [-0.3, -0.25) is 9.69 Å². The number of hydrogen-bond acceptors (Lipinski definition) is 3. The maximum Gasteiger partial charge on any atom is 0.317 e. The molecule has 1 aliphatic heterocycles. The SMILES string of the molecule is CC.O=C(O)CN1CCn2cc(CP)nc2C1. The van der Waals surface area contributed by atoms with Gasteiger partial charge in [-0.25, -0.2) is 4.98 Å². The van der Waals surface area contributed by atoms with Gasteiger partial charge in [0.25, 0.3) is 0 Å². The fourth-order valence-electron chi connectivity index (χ4n) is 1.79. The molecule has 2 rings (SSSR count). The number of aromatic nitrogens is 2. The van der Waals surface area contributed by atoms with Gasteiger partial charge in [-0.2, -0.15) is 0 Å². The lowest BCUT2D eigenvalue weighted by atomic mass is 10.3. The van der Waals surface area contributed by atoms with Crippen molar-refractivity contribution in [1.29, 1.82) is 0 Å². The first-order chi connectivity index (χ1) is 8.19. The minimum atomic E-state index is -0.777. The summed E-state index contributed by atoms with van der Waals surface area (Å²) in [6.07, 6.45) is 2.89. The summed E-state index contributed by atoms with van der Waals surface area (Å²) >= 11 is 0. The van der Waals surface area contributed by atoms with Crippen LogP contribution in [-0.4, -0.2) is 38.6 Å². The Labute approximate surface area is 104 Å². The Morgan fingerprint density at radius 3 is 2.82 bits per heavy atom. The van der Waals surface area contributed by atoms with Crippen LogP contribution < -0.4 is 0 Å². The van der Waals surface area contributed by atoms with Crippen LogP contribution in [0.2, 0.25) is 0 Å². The Hall–Kier alpha value is -0.930.